The van der Waals surface area contributed by atoms with Crippen LogP contribution in [0.25, 0.3) is 11.0 Å². The standard InChI is InChI=1S/C31H36F4N6O4/c1-19-16-40(2)10-7-24(19)39-30(43)22-12-20(13-26-28(22)38-18-41(26)17-31(33,34)35)6-5-8-36-25-14-21(23(32)15-27(25)45-4)29(42)37-9-11-44-3/h12-15,18-19,24,36H,7-11,16-17H2,1-4H3,(H,37,42)(H,39,43)/t19-,24-/m0/s1. The van der Waals surface area contributed by atoms with Gasteiger partial charge in [0.1, 0.15) is 23.6 Å². The number of piperidine rings is 1. The molecule has 242 valence electrons. The van der Waals surface area contributed by atoms with Crippen molar-refractivity contribution in [1.82, 2.24) is 25.1 Å². The second kappa shape index (κ2) is 14.6. The Bertz CT molecular complexity index is 1600. The molecule has 0 radical (unpaired) electrons. The number of hydrogen-bond acceptors (Lipinski definition) is 7. The van der Waals surface area contributed by atoms with Crippen LogP contribution in [0.2, 0.25) is 0 Å². The first-order chi connectivity index (χ1) is 21.4. The zero-order valence-corrected chi connectivity index (χ0v) is 25.5. The van der Waals surface area contributed by atoms with Gasteiger partial charge in [-0.25, -0.2) is 9.37 Å². The van der Waals surface area contributed by atoms with Gasteiger partial charge in [0.15, 0.2) is 0 Å². The van der Waals surface area contributed by atoms with Gasteiger partial charge >= 0.3 is 6.18 Å². The monoisotopic (exact) mass is 632 g/mol. The Labute approximate surface area is 258 Å². The molecular formula is C31H36F4N6O4. The summed E-state index contributed by atoms with van der Waals surface area (Å²) in [4.78, 5) is 32.2. The lowest BCUT2D eigenvalue weighted by Crippen LogP contribution is -2.48. The van der Waals surface area contributed by atoms with Crippen LogP contribution in [0.15, 0.2) is 30.6 Å². The van der Waals surface area contributed by atoms with Crippen LogP contribution < -0.4 is 20.7 Å². The van der Waals surface area contributed by atoms with Gasteiger partial charge in [-0.05, 0) is 44.1 Å². The first-order valence-corrected chi connectivity index (χ1v) is 14.3. The van der Waals surface area contributed by atoms with E-state index >= 15 is 0 Å². The van der Waals surface area contributed by atoms with Crippen LogP contribution in [-0.4, -0.2) is 92.5 Å². The summed E-state index contributed by atoms with van der Waals surface area (Å²) < 4.78 is 65.6. The van der Waals surface area contributed by atoms with Gasteiger partial charge in [0.25, 0.3) is 11.8 Å². The van der Waals surface area contributed by atoms with Gasteiger partial charge in [-0.15, -0.1) is 0 Å². The summed E-state index contributed by atoms with van der Waals surface area (Å²) in [6, 6.07) is 5.24. The highest BCUT2D eigenvalue weighted by Gasteiger charge is 2.30. The van der Waals surface area contributed by atoms with Crippen molar-refractivity contribution in [2.45, 2.75) is 32.1 Å². The highest BCUT2D eigenvalue weighted by atomic mass is 19.4. The Hall–Kier alpha value is -4.35. The van der Waals surface area contributed by atoms with Crippen molar-refractivity contribution in [3.8, 4) is 17.6 Å². The van der Waals surface area contributed by atoms with Gasteiger partial charge in [-0.1, -0.05) is 18.8 Å². The molecule has 2 aromatic carbocycles. The van der Waals surface area contributed by atoms with E-state index in [9.17, 15) is 27.2 Å². The van der Waals surface area contributed by atoms with Crippen LogP contribution in [-0.2, 0) is 11.3 Å². The second-order valence-electron chi connectivity index (χ2n) is 10.9. The van der Waals surface area contributed by atoms with E-state index in [1.807, 2.05) is 14.0 Å². The average molecular weight is 633 g/mol. The summed E-state index contributed by atoms with van der Waals surface area (Å²) in [5.74, 6) is 4.24. The van der Waals surface area contributed by atoms with Crippen molar-refractivity contribution in [2.75, 3.05) is 59.4 Å². The SMILES string of the molecule is COCCNC(=O)c1cc(NCC#Cc2cc(C(=O)N[C@H]3CCN(C)C[C@@H]3C)c3ncn(CC(F)(F)F)c3c2)c(OC)cc1F. The Morgan fingerprint density at radius 1 is 1.13 bits per heavy atom. The summed E-state index contributed by atoms with van der Waals surface area (Å²) in [6.07, 6.45) is -2.70. The summed E-state index contributed by atoms with van der Waals surface area (Å²) in [5, 5.41) is 8.57. The van der Waals surface area contributed by atoms with E-state index in [1.54, 1.807) is 0 Å². The van der Waals surface area contributed by atoms with Crippen molar-refractivity contribution in [3.63, 3.8) is 0 Å². The van der Waals surface area contributed by atoms with E-state index in [0.717, 1.165) is 36.5 Å². The molecule has 0 bridgehead atoms. The number of carbonyl (C=O) groups excluding carboxylic acids is 2. The number of likely N-dealkylation sites (tertiary alicyclic amines) is 1. The third-order valence-corrected chi connectivity index (χ3v) is 7.47. The molecule has 10 nitrogen and oxygen atoms in total. The zero-order chi connectivity index (χ0) is 32.7. The van der Waals surface area contributed by atoms with Gasteiger partial charge in [0, 0.05) is 37.9 Å². The van der Waals surface area contributed by atoms with E-state index in [0.29, 0.717) is 11.3 Å². The van der Waals surface area contributed by atoms with Crippen molar-refractivity contribution in [3.05, 3.63) is 53.1 Å². The van der Waals surface area contributed by atoms with E-state index in [4.69, 9.17) is 9.47 Å². The molecule has 2 amide bonds. The maximum atomic E-state index is 14.6. The molecule has 4 rings (SSSR count). The summed E-state index contributed by atoms with van der Waals surface area (Å²) in [6.45, 7) is 2.82. The lowest BCUT2D eigenvalue weighted by atomic mass is 9.93. The fourth-order valence-electron chi connectivity index (χ4n) is 5.23. The predicted molar refractivity (Wildman–Crippen MR) is 161 cm³/mol. The normalized spacial score (nSPS) is 17.0. The topological polar surface area (TPSA) is 110 Å². The minimum atomic E-state index is -4.50. The van der Waals surface area contributed by atoms with Crippen LogP contribution >= 0.6 is 0 Å². The number of hydrogen-bond donors (Lipinski definition) is 3. The molecular weight excluding hydrogens is 596 g/mol. The van der Waals surface area contributed by atoms with Crippen molar-refractivity contribution in [2.24, 2.45) is 5.92 Å². The zero-order valence-electron chi connectivity index (χ0n) is 25.5. The molecule has 14 heteroatoms. The molecule has 1 aromatic heterocycles. The van der Waals surface area contributed by atoms with Crippen LogP contribution in [0.5, 0.6) is 5.75 Å². The smallest absolute Gasteiger partial charge is 0.406 e. The van der Waals surface area contributed by atoms with Crippen molar-refractivity contribution < 1.29 is 36.6 Å². The van der Waals surface area contributed by atoms with Crippen LogP contribution in [0, 0.1) is 23.6 Å². The summed E-state index contributed by atoms with van der Waals surface area (Å²) in [5.41, 5.74) is 0.794. The molecule has 45 heavy (non-hydrogen) atoms. The van der Waals surface area contributed by atoms with E-state index in [-0.39, 0.29) is 59.6 Å². The number of anilines is 1. The third-order valence-electron chi connectivity index (χ3n) is 7.47. The summed E-state index contributed by atoms with van der Waals surface area (Å²) >= 11 is 0. The molecule has 3 aromatic rings. The number of alkyl halides is 3. The van der Waals surface area contributed by atoms with Gasteiger partial charge in [0.05, 0.1) is 48.9 Å². The van der Waals surface area contributed by atoms with Crippen molar-refractivity contribution >= 4 is 28.5 Å². The number of methoxy groups -OCH3 is 2. The fourth-order valence-corrected chi connectivity index (χ4v) is 5.23. The lowest BCUT2D eigenvalue weighted by Gasteiger charge is -2.35. The molecule has 1 fully saturated rings. The van der Waals surface area contributed by atoms with Crippen LogP contribution in [0.4, 0.5) is 23.2 Å². The molecule has 2 atom stereocenters. The number of rotatable bonds is 10. The maximum Gasteiger partial charge on any atom is 0.406 e. The number of imidazole rings is 1. The number of aromatic nitrogens is 2. The van der Waals surface area contributed by atoms with Gasteiger partial charge in [-0.2, -0.15) is 13.2 Å². The highest BCUT2D eigenvalue weighted by molar-refractivity contribution is 6.05. The second-order valence-corrected chi connectivity index (χ2v) is 10.9. The van der Waals surface area contributed by atoms with Gasteiger partial charge < -0.3 is 34.9 Å². The Morgan fingerprint density at radius 2 is 1.91 bits per heavy atom. The Kier molecular flexibility index (Phi) is 10.9. The lowest BCUT2D eigenvalue weighted by molar-refractivity contribution is -0.139. The molecule has 0 saturated carbocycles. The molecule has 2 heterocycles. The number of benzene rings is 2. The fraction of sp³-hybridized carbons (Fsp3) is 0.452. The minimum absolute atomic E-state index is 0.00120. The highest BCUT2D eigenvalue weighted by Crippen LogP contribution is 2.28. The number of ether oxygens (including phenoxy) is 2. The molecule has 0 unspecified atom stereocenters. The van der Waals surface area contributed by atoms with Crippen molar-refractivity contribution in [1.29, 1.82) is 0 Å². The number of amides is 2. The molecule has 0 aliphatic carbocycles. The largest absolute Gasteiger partial charge is 0.494 e. The predicted octanol–water partition coefficient (Wildman–Crippen LogP) is 3.66. The van der Waals surface area contributed by atoms with Gasteiger partial charge in [0.2, 0.25) is 0 Å². The number of carbonyl (C=O) groups is 2. The first kappa shape index (κ1) is 33.5. The van der Waals surface area contributed by atoms with Crippen LogP contribution in [0.1, 0.15) is 39.6 Å². The minimum Gasteiger partial charge on any atom is -0.494 e. The van der Waals surface area contributed by atoms with E-state index < -0.39 is 30.4 Å². The first-order valence-electron chi connectivity index (χ1n) is 14.3. The summed E-state index contributed by atoms with van der Waals surface area (Å²) in [7, 11) is 4.83. The number of fused-ring (bicyclic) bond motifs is 1. The molecule has 1 aliphatic rings. The molecule has 1 saturated heterocycles. The van der Waals surface area contributed by atoms with Gasteiger partial charge in [-0.3, -0.25) is 9.59 Å². The molecule has 3 N–H and O–H groups in total. The quantitative estimate of drug-likeness (QED) is 0.178. The number of nitrogens with zero attached hydrogens (tertiary/aromatic N) is 3. The third kappa shape index (κ3) is 8.64. The molecule has 0 spiro atoms. The maximum absolute atomic E-state index is 14.6. The van der Waals surface area contributed by atoms with E-state index in [1.165, 1.54) is 32.4 Å². The number of halogens is 4. The van der Waals surface area contributed by atoms with E-state index in [2.05, 4.69) is 37.7 Å². The average Bonchev–Trinajstić information content (AvgIpc) is 3.37. The Balaban J connectivity index is 1.59. The molecule has 1 aliphatic heterocycles. The number of nitrogens with one attached hydrogen (secondary N) is 3. The Morgan fingerprint density at radius 3 is 2.60 bits per heavy atom. The van der Waals surface area contributed by atoms with Crippen LogP contribution in [0.3, 0.4) is 0 Å².